The zero-order valence-corrected chi connectivity index (χ0v) is 12.9. The van der Waals surface area contributed by atoms with Crippen LogP contribution in [0.25, 0.3) is 0 Å². The maximum Gasteiger partial charge on any atom is 0.245 e. The second-order valence-corrected chi connectivity index (χ2v) is 6.13. The molecule has 0 aromatic heterocycles. The molecule has 20 heavy (non-hydrogen) atoms. The molecule has 0 radical (unpaired) electrons. The van der Waals surface area contributed by atoms with E-state index >= 15 is 0 Å². The van der Waals surface area contributed by atoms with E-state index in [4.69, 9.17) is 0 Å². The monoisotopic (exact) mass is 281 g/mol. The number of nitrogens with zero attached hydrogens (tertiary/aromatic N) is 2. The lowest BCUT2D eigenvalue weighted by Gasteiger charge is -2.41. The lowest BCUT2D eigenvalue weighted by atomic mass is 9.94. The third-order valence-electron chi connectivity index (χ3n) is 4.66. The number of carbonyl (C=O) groups is 2. The van der Waals surface area contributed by atoms with Crippen LogP contribution in [0.4, 0.5) is 0 Å². The molecule has 0 bridgehead atoms. The minimum Gasteiger partial charge on any atom is -0.343 e. The summed E-state index contributed by atoms with van der Waals surface area (Å²) < 4.78 is 0. The molecule has 5 heteroatoms. The molecule has 0 spiro atoms. The van der Waals surface area contributed by atoms with E-state index in [1.54, 1.807) is 0 Å². The van der Waals surface area contributed by atoms with Gasteiger partial charge in [-0.05, 0) is 51.7 Å². The average molecular weight is 281 g/mol. The van der Waals surface area contributed by atoms with Crippen molar-refractivity contribution in [1.82, 2.24) is 15.1 Å². The predicted octanol–water partition coefficient (Wildman–Crippen LogP) is 0.844. The Morgan fingerprint density at radius 1 is 1.15 bits per heavy atom. The number of carbonyl (C=O) groups excluding carboxylic acids is 2. The normalized spacial score (nSPS) is 29.6. The molecule has 2 atom stereocenters. The molecule has 0 aliphatic carbocycles. The second-order valence-electron chi connectivity index (χ2n) is 6.13. The average Bonchev–Trinajstić information content (AvgIpc) is 2.45. The summed E-state index contributed by atoms with van der Waals surface area (Å²) in [5.41, 5.74) is 0. The van der Waals surface area contributed by atoms with Crippen LogP contribution in [0.5, 0.6) is 0 Å². The molecular weight excluding hydrogens is 254 g/mol. The number of rotatable bonds is 4. The molecule has 2 aliphatic rings. The van der Waals surface area contributed by atoms with Gasteiger partial charge in [0, 0.05) is 6.54 Å². The second kappa shape index (κ2) is 6.57. The first-order valence-electron chi connectivity index (χ1n) is 7.86. The highest BCUT2D eigenvalue weighted by Crippen LogP contribution is 2.22. The molecule has 2 heterocycles. The van der Waals surface area contributed by atoms with Gasteiger partial charge in [-0.2, -0.15) is 0 Å². The lowest BCUT2D eigenvalue weighted by Crippen LogP contribution is -2.63. The SMILES string of the molecule is CCC1NC(=O)C(CC)N(CC2CCN(C)CC2)C1=O. The van der Waals surface area contributed by atoms with Crippen molar-refractivity contribution >= 4 is 11.8 Å². The highest BCUT2D eigenvalue weighted by molar-refractivity contribution is 5.96. The first-order chi connectivity index (χ1) is 9.56. The molecule has 0 saturated carbocycles. The van der Waals surface area contributed by atoms with Crippen molar-refractivity contribution in [2.24, 2.45) is 5.92 Å². The summed E-state index contributed by atoms with van der Waals surface area (Å²) in [5.74, 6) is 0.664. The highest BCUT2D eigenvalue weighted by atomic mass is 16.2. The lowest BCUT2D eigenvalue weighted by molar-refractivity contribution is -0.150. The molecule has 1 N–H and O–H groups in total. The van der Waals surface area contributed by atoms with Crippen molar-refractivity contribution in [2.45, 2.75) is 51.6 Å². The summed E-state index contributed by atoms with van der Waals surface area (Å²) in [6.45, 7) is 6.85. The maximum absolute atomic E-state index is 12.5. The van der Waals surface area contributed by atoms with Gasteiger partial charge in [-0.3, -0.25) is 9.59 Å². The van der Waals surface area contributed by atoms with Crippen molar-refractivity contribution in [3.05, 3.63) is 0 Å². The largest absolute Gasteiger partial charge is 0.343 e. The van der Waals surface area contributed by atoms with Gasteiger partial charge in [0.25, 0.3) is 0 Å². The number of hydrogen-bond donors (Lipinski definition) is 1. The number of nitrogens with one attached hydrogen (secondary N) is 1. The summed E-state index contributed by atoms with van der Waals surface area (Å²) in [6.07, 6.45) is 3.61. The number of amides is 2. The first kappa shape index (κ1) is 15.3. The molecule has 2 amide bonds. The van der Waals surface area contributed by atoms with E-state index < -0.39 is 0 Å². The van der Waals surface area contributed by atoms with Crippen LogP contribution in [0.2, 0.25) is 0 Å². The Balaban J connectivity index is 2.04. The highest BCUT2D eigenvalue weighted by Gasteiger charge is 2.39. The summed E-state index contributed by atoms with van der Waals surface area (Å²) in [4.78, 5) is 28.8. The molecule has 2 rings (SSSR count). The van der Waals surface area contributed by atoms with Crippen molar-refractivity contribution in [3.8, 4) is 0 Å². The Morgan fingerprint density at radius 2 is 1.80 bits per heavy atom. The van der Waals surface area contributed by atoms with Crippen molar-refractivity contribution in [3.63, 3.8) is 0 Å². The molecule has 2 aliphatic heterocycles. The zero-order chi connectivity index (χ0) is 14.7. The minimum atomic E-state index is -0.323. The van der Waals surface area contributed by atoms with Gasteiger partial charge in [-0.15, -0.1) is 0 Å². The van der Waals surface area contributed by atoms with Gasteiger partial charge in [0.15, 0.2) is 0 Å². The van der Waals surface area contributed by atoms with Crippen LogP contribution in [0.15, 0.2) is 0 Å². The maximum atomic E-state index is 12.5. The topological polar surface area (TPSA) is 52.7 Å². The van der Waals surface area contributed by atoms with Gasteiger partial charge >= 0.3 is 0 Å². The quantitative estimate of drug-likeness (QED) is 0.831. The fourth-order valence-corrected chi connectivity index (χ4v) is 3.25. The van der Waals surface area contributed by atoms with Gasteiger partial charge in [0.2, 0.25) is 11.8 Å². The van der Waals surface area contributed by atoms with Crippen LogP contribution in [-0.2, 0) is 9.59 Å². The molecule has 0 aromatic carbocycles. The third-order valence-corrected chi connectivity index (χ3v) is 4.66. The summed E-state index contributed by atoms with van der Waals surface area (Å²) >= 11 is 0. The smallest absolute Gasteiger partial charge is 0.245 e. The van der Waals surface area contributed by atoms with Gasteiger partial charge in [0.05, 0.1) is 0 Å². The molecule has 2 fully saturated rings. The molecular formula is C15H27N3O2. The van der Waals surface area contributed by atoms with E-state index in [1.807, 2.05) is 18.7 Å². The van der Waals surface area contributed by atoms with E-state index in [0.717, 1.165) is 32.5 Å². The number of hydrogen-bond acceptors (Lipinski definition) is 3. The first-order valence-corrected chi connectivity index (χ1v) is 7.86. The summed E-state index contributed by atoms with van der Waals surface area (Å²) in [7, 11) is 2.14. The van der Waals surface area contributed by atoms with E-state index in [0.29, 0.717) is 18.8 Å². The van der Waals surface area contributed by atoms with Crippen molar-refractivity contribution in [1.29, 1.82) is 0 Å². The van der Waals surface area contributed by atoms with Crippen LogP contribution >= 0.6 is 0 Å². The van der Waals surface area contributed by atoms with Crippen molar-refractivity contribution in [2.75, 3.05) is 26.7 Å². The number of piperazine rings is 1. The van der Waals surface area contributed by atoms with E-state index in [9.17, 15) is 9.59 Å². The Bertz CT molecular complexity index is 364. The Morgan fingerprint density at radius 3 is 2.35 bits per heavy atom. The molecule has 5 nitrogen and oxygen atoms in total. The van der Waals surface area contributed by atoms with Gasteiger partial charge < -0.3 is 15.1 Å². The Labute approximate surface area is 121 Å². The Hall–Kier alpha value is -1.10. The van der Waals surface area contributed by atoms with Crippen LogP contribution in [0.3, 0.4) is 0 Å². The fourth-order valence-electron chi connectivity index (χ4n) is 3.25. The van der Waals surface area contributed by atoms with Crippen LogP contribution < -0.4 is 5.32 Å². The summed E-state index contributed by atoms with van der Waals surface area (Å²) in [6, 6.07) is -0.596. The third kappa shape index (κ3) is 3.14. The molecule has 0 aromatic rings. The van der Waals surface area contributed by atoms with Gasteiger partial charge in [0.1, 0.15) is 12.1 Å². The Kier molecular flexibility index (Phi) is 5.02. The molecule has 114 valence electrons. The minimum absolute atomic E-state index is 0.0203. The van der Waals surface area contributed by atoms with Crippen molar-refractivity contribution < 1.29 is 9.59 Å². The predicted molar refractivity (Wildman–Crippen MR) is 78.2 cm³/mol. The van der Waals surface area contributed by atoms with Crippen LogP contribution in [-0.4, -0.2) is 60.4 Å². The van der Waals surface area contributed by atoms with E-state index in [2.05, 4.69) is 17.3 Å². The summed E-state index contributed by atoms with van der Waals surface area (Å²) in [5, 5.41) is 2.85. The number of piperidine rings is 1. The number of likely N-dealkylation sites (tertiary alicyclic amines) is 1. The van der Waals surface area contributed by atoms with Crippen LogP contribution in [0, 0.1) is 5.92 Å². The zero-order valence-electron chi connectivity index (χ0n) is 12.9. The standard InChI is InChI=1S/C15H27N3O2/c1-4-12-15(20)18(13(5-2)14(19)16-12)10-11-6-8-17(3)9-7-11/h11-13H,4-10H2,1-3H3,(H,16,19). The van der Waals surface area contributed by atoms with E-state index in [-0.39, 0.29) is 23.9 Å². The fraction of sp³-hybridized carbons (Fsp3) is 0.867. The van der Waals surface area contributed by atoms with Gasteiger partial charge in [-0.25, -0.2) is 0 Å². The van der Waals surface area contributed by atoms with E-state index in [1.165, 1.54) is 0 Å². The molecule has 2 unspecified atom stereocenters. The van der Waals surface area contributed by atoms with Crippen LogP contribution in [0.1, 0.15) is 39.5 Å². The molecule has 2 saturated heterocycles. The van der Waals surface area contributed by atoms with Gasteiger partial charge in [-0.1, -0.05) is 13.8 Å².